The molecule has 0 saturated carbocycles. The van der Waals surface area contributed by atoms with Gasteiger partial charge in [-0.25, -0.2) is 4.98 Å². The van der Waals surface area contributed by atoms with Crippen molar-refractivity contribution in [1.82, 2.24) is 4.98 Å². The minimum absolute atomic E-state index is 0.00181. The standard InChI is InChI=1S/C13H14N2O/c1-9-4-2-5-10(8-9)12(16)11-6-3-7-15-13(11)14/h3-4,6-8H,2,5H2,1H3,(H2,14,15). The summed E-state index contributed by atoms with van der Waals surface area (Å²) >= 11 is 0. The second-order valence-corrected chi connectivity index (χ2v) is 3.92. The van der Waals surface area contributed by atoms with Crippen molar-refractivity contribution >= 4 is 11.6 Å². The third kappa shape index (κ3) is 2.03. The molecule has 16 heavy (non-hydrogen) atoms. The molecule has 0 atom stereocenters. The van der Waals surface area contributed by atoms with Gasteiger partial charge in [0.05, 0.1) is 5.56 Å². The zero-order valence-corrected chi connectivity index (χ0v) is 9.23. The summed E-state index contributed by atoms with van der Waals surface area (Å²) < 4.78 is 0. The Hall–Kier alpha value is -1.90. The van der Waals surface area contributed by atoms with E-state index >= 15 is 0 Å². The number of ketones is 1. The van der Waals surface area contributed by atoms with Crippen LogP contribution in [-0.4, -0.2) is 10.8 Å². The topological polar surface area (TPSA) is 56.0 Å². The molecule has 3 heteroatoms. The Morgan fingerprint density at radius 1 is 1.50 bits per heavy atom. The average molecular weight is 214 g/mol. The first-order chi connectivity index (χ1) is 7.68. The number of aromatic nitrogens is 1. The molecule has 1 aromatic rings. The van der Waals surface area contributed by atoms with Crippen LogP contribution < -0.4 is 5.73 Å². The maximum atomic E-state index is 12.2. The van der Waals surface area contributed by atoms with Gasteiger partial charge in [-0.1, -0.05) is 17.7 Å². The molecule has 0 aromatic carbocycles. The molecule has 1 aliphatic carbocycles. The normalized spacial score (nSPS) is 15.3. The Morgan fingerprint density at radius 3 is 3.00 bits per heavy atom. The van der Waals surface area contributed by atoms with Gasteiger partial charge in [-0.05, 0) is 31.9 Å². The van der Waals surface area contributed by atoms with Crippen LogP contribution >= 0.6 is 0 Å². The number of anilines is 1. The minimum Gasteiger partial charge on any atom is -0.383 e. The molecule has 3 nitrogen and oxygen atoms in total. The Morgan fingerprint density at radius 2 is 2.31 bits per heavy atom. The number of carbonyl (C=O) groups is 1. The number of hydrogen-bond donors (Lipinski definition) is 1. The van der Waals surface area contributed by atoms with E-state index in [4.69, 9.17) is 5.73 Å². The lowest BCUT2D eigenvalue weighted by Gasteiger charge is -2.11. The Kier molecular flexibility index (Phi) is 2.86. The van der Waals surface area contributed by atoms with E-state index in [1.807, 2.05) is 13.0 Å². The van der Waals surface area contributed by atoms with E-state index in [9.17, 15) is 4.79 Å². The molecular weight excluding hydrogens is 200 g/mol. The molecule has 0 fully saturated rings. The van der Waals surface area contributed by atoms with Crippen molar-refractivity contribution in [2.75, 3.05) is 5.73 Å². The number of rotatable bonds is 2. The molecular formula is C13H14N2O. The molecule has 0 aliphatic heterocycles. The van der Waals surface area contributed by atoms with Gasteiger partial charge in [0, 0.05) is 11.8 Å². The molecule has 0 amide bonds. The summed E-state index contributed by atoms with van der Waals surface area (Å²) in [5.74, 6) is 0.304. The van der Waals surface area contributed by atoms with Gasteiger partial charge in [-0.2, -0.15) is 0 Å². The van der Waals surface area contributed by atoms with Gasteiger partial charge in [-0.15, -0.1) is 0 Å². The van der Waals surface area contributed by atoms with Crippen LogP contribution in [0, 0.1) is 0 Å². The van der Waals surface area contributed by atoms with Crippen LogP contribution in [-0.2, 0) is 0 Å². The van der Waals surface area contributed by atoms with E-state index in [0.717, 1.165) is 24.0 Å². The van der Waals surface area contributed by atoms with E-state index in [0.29, 0.717) is 11.4 Å². The lowest BCUT2D eigenvalue weighted by atomic mass is 9.94. The van der Waals surface area contributed by atoms with E-state index < -0.39 is 0 Å². The van der Waals surface area contributed by atoms with Crippen LogP contribution in [0.2, 0.25) is 0 Å². The molecule has 1 heterocycles. The van der Waals surface area contributed by atoms with Crippen molar-refractivity contribution < 1.29 is 4.79 Å². The quantitative estimate of drug-likeness (QED) is 0.769. The Labute approximate surface area is 94.7 Å². The molecule has 1 aromatic heterocycles. The fourth-order valence-corrected chi connectivity index (χ4v) is 1.82. The maximum Gasteiger partial charge on any atom is 0.192 e. The maximum absolute atomic E-state index is 12.2. The summed E-state index contributed by atoms with van der Waals surface area (Å²) in [4.78, 5) is 16.1. The van der Waals surface area contributed by atoms with Crippen LogP contribution in [0.4, 0.5) is 5.82 Å². The molecule has 82 valence electrons. The summed E-state index contributed by atoms with van der Waals surface area (Å²) in [5, 5.41) is 0. The molecule has 1 aliphatic rings. The third-order valence-electron chi connectivity index (χ3n) is 2.66. The number of Topliss-reactive ketones (excluding diaryl/α,β-unsaturated/α-hetero) is 1. The van der Waals surface area contributed by atoms with Crippen LogP contribution in [0.1, 0.15) is 30.1 Å². The first-order valence-electron chi connectivity index (χ1n) is 5.31. The fraction of sp³-hybridized carbons (Fsp3) is 0.231. The monoisotopic (exact) mass is 214 g/mol. The number of allylic oxidation sites excluding steroid dienone is 4. The van der Waals surface area contributed by atoms with Crippen LogP contribution in [0.5, 0.6) is 0 Å². The summed E-state index contributed by atoms with van der Waals surface area (Å²) in [6.45, 7) is 2.00. The highest BCUT2D eigenvalue weighted by atomic mass is 16.1. The van der Waals surface area contributed by atoms with Crippen molar-refractivity contribution in [3.63, 3.8) is 0 Å². The van der Waals surface area contributed by atoms with E-state index in [1.165, 1.54) is 0 Å². The fourth-order valence-electron chi connectivity index (χ4n) is 1.82. The van der Waals surface area contributed by atoms with Gasteiger partial charge in [-0.3, -0.25) is 4.79 Å². The SMILES string of the molecule is CC1=CCCC(C(=O)c2cccnc2N)=C1. The van der Waals surface area contributed by atoms with Crippen molar-refractivity contribution in [2.45, 2.75) is 19.8 Å². The van der Waals surface area contributed by atoms with Gasteiger partial charge in [0.1, 0.15) is 5.82 Å². The van der Waals surface area contributed by atoms with Gasteiger partial charge in [0.25, 0.3) is 0 Å². The Balaban J connectivity index is 2.33. The number of nitrogens with zero attached hydrogens (tertiary/aromatic N) is 1. The van der Waals surface area contributed by atoms with Crippen LogP contribution in [0.3, 0.4) is 0 Å². The van der Waals surface area contributed by atoms with Crippen molar-refractivity contribution in [2.24, 2.45) is 0 Å². The van der Waals surface area contributed by atoms with Crippen molar-refractivity contribution in [3.8, 4) is 0 Å². The molecule has 0 saturated heterocycles. The van der Waals surface area contributed by atoms with Crippen LogP contribution in [0.25, 0.3) is 0 Å². The summed E-state index contributed by atoms with van der Waals surface area (Å²) in [5.41, 5.74) is 8.15. The lowest BCUT2D eigenvalue weighted by Crippen LogP contribution is -2.09. The molecule has 0 bridgehead atoms. The highest BCUT2D eigenvalue weighted by Crippen LogP contribution is 2.22. The molecule has 0 unspecified atom stereocenters. The molecule has 0 radical (unpaired) electrons. The zero-order valence-electron chi connectivity index (χ0n) is 9.23. The van der Waals surface area contributed by atoms with E-state index in [1.54, 1.807) is 18.3 Å². The number of pyridine rings is 1. The molecule has 0 spiro atoms. The average Bonchev–Trinajstić information content (AvgIpc) is 2.29. The van der Waals surface area contributed by atoms with Crippen molar-refractivity contribution in [3.05, 3.63) is 47.2 Å². The highest BCUT2D eigenvalue weighted by molar-refractivity contribution is 6.11. The van der Waals surface area contributed by atoms with E-state index in [2.05, 4.69) is 11.1 Å². The predicted molar refractivity (Wildman–Crippen MR) is 64.1 cm³/mol. The second kappa shape index (κ2) is 4.31. The lowest BCUT2D eigenvalue weighted by molar-refractivity contribution is 0.103. The first kappa shape index (κ1) is 10.6. The highest BCUT2D eigenvalue weighted by Gasteiger charge is 2.16. The molecule has 2 N–H and O–H groups in total. The Bertz CT molecular complexity index is 486. The van der Waals surface area contributed by atoms with E-state index in [-0.39, 0.29) is 5.78 Å². The van der Waals surface area contributed by atoms with Crippen molar-refractivity contribution in [1.29, 1.82) is 0 Å². The number of nitrogen functional groups attached to an aromatic ring is 1. The number of hydrogen-bond acceptors (Lipinski definition) is 3. The van der Waals surface area contributed by atoms with Gasteiger partial charge in [0.15, 0.2) is 5.78 Å². The third-order valence-corrected chi connectivity index (χ3v) is 2.66. The summed E-state index contributed by atoms with van der Waals surface area (Å²) in [6.07, 6.45) is 7.35. The minimum atomic E-state index is -0.00181. The summed E-state index contributed by atoms with van der Waals surface area (Å²) in [7, 11) is 0. The smallest absolute Gasteiger partial charge is 0.192 e. The predicted octanol–water partition coefficient (Wildman–Crippen LogP) is 2.51. The largest absolute Gasteiger partial charge is 0.383 e. The van der Waals surface area contributed by atoms with Gasteiger partial charge < -0.3 is 5.73 Å². The van der Waals surface area contributed by atoms with Crippen LogP contribution in [0.15, 0.2) is 41.6 Å². The van der Waals surface area contributed by atoms with Gasteiger partial charge in [0.2, 0.25) is 0 Å². The zero-order chi connectivity index (χ0) is 11.5. The van der Waals surface area contributed by atoms with Gasteiger partial charge >= 0.3 is 0 Å². The second-order valence-electron chi connectivity index (χ2n) is 3.92. The number of nitrogens with two attached hydrogens (primary N) is 1. The number of carbonyl (C=O) groups excluding carboxylic acids is 1. The first-order valence-corrected chi connectivity index (χ1v) is 5.31. The molecule has 2 rings (SSSR count). The summed E-state index contributed by atoms with van der Waals surface area (Å²) in [6, 6.07) is 3.45.